The summed E-state index contributed by atoms with van der Waals surface area (Å²) < 4.78 is 46.1. The summed E-state index contributed by atoms with van der Waals surface area (Å²) in [5, 5.41) is 9.09. The van der Waals surface area contributed by atoms with E-state index in [0.29, 0.717) is 0 Å². The van der Waals surface area contributed by atoms with Crippen molar-refractivity contribution in [2.45, 2.75) is 13.2 Å². The summed E-state index contributed by atoms with van der Waals surface area (Å²) in [5.41, 5.74) is -0.104. The highest BCUT2D eigenvalue weighted by Gasteiger charge is 2.15. The van der Waals surface area contributed by atoms with Crippen LogP contribution in [0.2, 0.25) is 0 Å². The molecule has 0 aromatic heterocycles. The Morgan fingerprint density at radius 3 is 2.50 bits per heavy atom. The molecule has 6 heteroatoms. The first-order valence-corrected chi connectivity index (χ1v) is 6.47. The Kier molecular flexibility index (Phi) is 4.67. The van der Waals surface area contributed by atoms with Gasteiger partial charge in [0.25, 0.3) is 0 Å². The SMILES string of the molecule is OCc1cccc(F)c1OCc1c(F)ccc(Br)c1F. The van der Waals surface area contributed by atoms with Gasteiger partial charge >= 0.3 is 0 Å². The van der Waals surface area contributed by atoms with Crippen LogP contribution in [0.4, 0.5) is 13.2 Å². The van der Waals surface area contributed by atoms with Crippen LogP contribution in [0.3, 0.4) is 0 Å². The van der Waals surface area contributed by atoms with Gasteiger partial charge in [-0.05, 0) is 34.1 Å². The predicted molar refractivity (Wildman–Crippen MR) is 70.7 cm³/mol. The number of hydrogen-bond donors (Lipinski definition) is 1. The van der Waals surface area contributed by atoms with Gasteiger partial charge in [-0.15, -0.1) is 0 Å². The minimum absolute atomic E-state index is 0.0911. The topological polar surface area (TPSA) is 29.5 Å². The molecule has 0 unspecified atom stereocenters. The van der Waals surface area contributed by atoms with Crippen molar-refractivity contribution in [3.05, 3.63) is 63.4 Å². The molecule has 0 saturated carbocycles. The standard InChI is InChI=1S/C14H10BrF3O2/c15-10-4-5-11(16)9(13(10)18)7-20-14-8(6-19)2-1-3-12(14)17/h1-5,19H,6-7H2. The second-order valence-electron chi connectivity index (χ2n) is 4.00. The number of para-hydroxylation sites is 1. The van der Waals surface area contributed by atoms with E-state index in [2.05, 4.69) is 15.9 Å². The maximum atomic E-state index is 13.7. The number of benzene rings is 2. The highest BCUT2D eigenvalue weighted by Crippen LogP contribution is 2.26. The predicted octanol–water partition coefficient (Wildman–Crippen LogP) is 3.94. The average molecular weight is 347 g/mol. The molecule has 2 nitrogen and oxygen atoms in total. The first-order valence-electron chi connectivity index (χ1n) is 5.68. The van der Waals surface area contributed by atoms with E-state index < -0.39 is 30.7 Å². The molecule has 2 rings (SSSR count). The summed E-state index contributed by atoms with van der Waals surface area (Å²) in [7, 11) is 0. The van der Waals surface area contributed by atoms with Gasteiger partial charge in [-0.1, -0.05) is 12.1 Å². The van der Waals surface area contributed by atoms with Crippen LogP contribution in [0.1, 0.15) is 11.1 Å². The highest BCUT2D eigenvalue weighted by atomic mass is 79.9. The van der Waals surface area contributed by atoms with Gasteiger partial charge in [0.15, 0.2) is 11.6 Å². The van der Waals surface area contributed by atoms with Gasteiger partial charge in [0.2, 0.25) is 0 Å². The maximum absolute atomic E-state index is 13.7. The third kappa shape index (κ3) is 2.96. The van der Waals surface area contributed by atoms with E-state index in [0.717, 1.165) is 12.1 Å². The summed E-state index contributed by atoms with van der Waals surface area (Å²) in [6.07, 6.45) is 0. The fraction of sp³-hybridized carbons (Fsp3) is 0.143. The Morgan fingerprint density at radius 1 is 1.05 bits per heavy atom. The number of aliphatic hydroxyl groups excluding tert-OH is 1. The van der Waals surface area contributed by atoms with Crippen LogP contribution in [-0.4, -0.2) is 5.11 Å². The zero-order chi connectivity index (χ0) is 14.7. The number of rotatable bonds is 4. The van der Waals surface area contributed by atoms with E-state index in [9.17, 15) is 13.2 Å². The lowest BCUT2D eigenvalue weighted by Crippen LogP contribution is -2.05. The number of hydrogen-bond acceptors (Lipinski definition) is 2. The molecule has 106 valence electrons. The van der Waals surface area contributed by atoms with Gasteiger partial charge in [0.1, 0.15) is 18.2 Å². The van der Waals surface area contributed by atoms with Crippen LogP contribution in [-0.2, 0) is 13.2 Å². The fourth-order valence-electron chi connectivity index (χ4n) is 1.69. The summed E-state index contributed by atoms with van der Waals surface area (Å²) in [6, 6.07) is 6.33. The lowest BCUT2D eigenvalue weighted by Gasteiger charge is -2.12. The molecular weight excluding hydrogens is 337 g/mol. The largest absolute Gasteiger partial charge is 0.485 e. The molecule has 0 spiro atoms. The number of ether oxygens (including phenoxy) is 1. The molecule has 0 bridgehead atoms. The zero-order valence-corrected chi connectivity index (χ0v) is 11.8. The van der Waals surface area contributed by atoms with Crippen LogP contribution in [0, 0.1) is 17.5 Å². The van der Waals surface area contributed by atoms with Crippen molar-refractivity contribution in [3.63, 3.8) is 0 Å². The van der Waals surface area contributed by atoms with Gasteiger partial charge < -0.3 is 9.84 Å². The van der Waals surface area contributed by atoms with Crippen molar-refractivity contribution >= 4 is 15.9 Å². The van der Waals surface area contributed by atoms with Gasteiger partial charge in [0, 0.05) is 5.56 Å². The second-order valence-corrected chi connectivity index (χ2v) is 4.85. The molecule has 0 saturated heterocycles. The third-order valence-electron chi connectivity index (χ3n) is 2.72. The molecule has 0 fully saturated rings. The quantitative estimate of drug-likeness (QED) is 0.849. The van der Waals surface area contributed by atoms with Crippen LogP contribution >= 0.6 is 15.9 Å². The van der Waals surface area contributed by atoms with E-state index in [1.54, 1.807) is 0 Å². The van der Waals surface area contributed by atoms with E-state index >= 15 is 0 Å². The molecule has 0 amide bonds. The zero-order valence-electron chi connectivity index (χ0n) is 10.2. The maximum Gasteiger partial charge on any atom is 0.165 e. The molecule has 2 aromatic carbocycles. The van der Waals surface area contributed by atoms with Gasteiger partial charge in [-0.3, -0.25) is 0 Å². The van der Waals surface area contributed by atoms with E-state index in [-0.39, 0.29) is 21.3 Å². The second kappa shape index (κ2) is 6.28. The van der Waals surface area contributed by atoms with Crippen LogP contribution in [0.5, 0.6) is 5.75 Å². The molecule has 0 radical (unpaired) electrons. The van der Waals surface area contributed by atoms with Gasteiger partial charge in [-0.2, -0.15) is 0 Å². The Balaban J connectivity index is 2.28. The molecule has 2 aromatic rings. The molecule has 0 aliphatic heterocycles. The molecular formula is C14H10BrF3O2. The van der Waals surface area contributed by atoms with Gasteiger partial charge in [0.05, 0.1) is 16.6 Å². The molecule has 0 aliphatic carbocycles. The van der Waals surface area contributed by atoms with Crippen molar-refractivity contribution < 1.29 is 23.0 Å². The minimum Gasteiger partial charge on any atom is -0.485 e. The van der Waals surface area contributed by atoms with Crippen molar-refractivity contribution in [2.75, 3.05) is 0 Å². The fourth-order valence-corrected chi connectivity index (χ4v) is 2.06. The first-order chi connectivity index (χ1) is 9.54. The molecule has 0 heterocycles. The Bertz CT molecular complexity index is 632. The molecule has 0 atom stereocenters. The van der Waals surface area contributed by atoms with Gasteiger partial charge in [-0.25, -0.2) is 13.2 Å². The van der Waals surface area contributed by atoms with Crippen LogP contribution in [0.25, 0.3) is 0 Å². The normalized spacial score (nSPS) is 10.7. The monoisotopic (exact) mass is 346 g/mol. The molecule has 0 aliphatic rings. The van der Waals surface area contributed by atoms with Crippen LogP contribution in [0.15, 0.2) is 34.8 Å². The summed E-state index contributed by atoms with van der Waals surface area (Å²) in [6.45, 7) is -0.915. The Labute approximate surface area is 121 Å². The average Bonchev–Trinajstić information content (AvgIpc) is 2.44. The highest BCUT2D eigenvalue weighted by molar-refractivity contribution is 9.10. The Morgan fingerprint density at radius 2 is 1.80 bits per heavy atom. The lowest BCUT2D eigenvalue weighted by molar-refractivity contribution is 0.246. The van der Waals surface area contributed by atoms with E-state index in [1.807, 2.05) is 0 Å². The smallest absolute Gasteiger partial charge is 0.165 e. The summed E-state index contributed by atoms with van der Waals surface area (Å²) >= 11 is 2.94. The number of halogens is 4. The Hall–Kier alpha value is -1.53. The summed E-state index contributed by atoms with van der Waals surface area (Å²) in [4.78, 5) is 0. The van der Waals surface area contributed by atoms with Crippen molar-refractivity contribution in [2.24, 2.45) is 0 Å². The minimum atomic E-state index is -0.799. The number of aliphatic hydroxyl groups is 1. The van der Waals surface area contributed by atoms with E-state index in [4.69, 9.17) is 9.84 Å². The lowest BCUT2D eigenvalue weighted by atomic mass is 10.2. The van der Waals surface area contributed by atoms with Crippen LogP contribution < -0.4 is 4.74 Å². The molecule has 20 heavy (non-hydrogen) atoms. The van der Waals surface area contributed by atoms with Crippen molar-refractivity contribution in [1.82, 2.24) is 0 Å². The summed E-state index contributed by atoms with van der Waals surface area (Å²) in [5.74, 6) is -2.50. The third-order valence-corrected chi connectivity index (χ3v) is 3.33. The van der Waals surface area contributed by atoms with E-state index in [1.165, 1.54) is 18.2 Å². The first kappa shape index (κ1) is 14.9. The van der Waals surface area contributed by atoms with Crippen molar-refractivity contribution in [3.8, 4) is 5.75 Å². The van der Waals surface area contributed by atoms with Crippen molar-refractivity contribution in [1.29, 1.82) is 0 Å². The molecule has 1 N–H and O–H groups in total.